The van der Waals surface area contributed by atoms with Gasteiger partial charge in [0.25, 0.3) is 0 Å². The van der Waals surface area contributed by atoms with Gasteiger partial charge in [0.2, 0.25) is 5.91 Å². The van der Waals surface area contributed by atoms with Gasteiger partial charge in [-0.1, -0.05) is 6.07 Å². The van der Waals surface area contributed by atoms with Gasteiger partial charge >= 0.3 is 0 Å². The second kappa shape index (κ2) is 7.06. The Hall–Kier alpha value is -1.38. The van der Waals surface area contributed by atoms with Gasteiger partial charge in [0, 0.05) is 37.5 Å². The molecule has 1 fully saturated rings. The number of piperazine rings is 1. The first kappa shape index (κ1) is 16.0. The third-order valence-corrected chi connectivity index (χ3v) is 5.03. The predicted molar refractivity (Wildman–Crippen MR) is 85.1 cm³/mol. The van der Waals surface area contributed by atoms with E-state index in [4.69, 9.17) is 5.26 Å². The Morgan fingerprint density at radius 1 is 1.38 bits per heavy atom. The van der Waals surface area contributed by atoms with Crippen molar-refractivity contribution < 1.29 is 4.79 Å². The first-order chi connectivity index (χ1) is 10.0. The molecule has 1 amide bonds. The molecule has 0 N–H and O–H groups in total. The van der Waals surface area contributed by atoms with E-state index in [1.807, 2.05) is 18.7 Å². The van der Waals surface area contributed by atoms with Gasteiger partial charge in [-0.2, -0.15) is 5.26 Å². The van der Waals surface area contributed by atoms with E-state index in [2.05, 4.69) is 28.5 Å². The highest BCUT2D eigenvalue weighted by Crippen LogP contribution is 2.17. The van der Waals surface area contributed by atoms with Crippen LogP contribution in [0.1, 0.15) is 31.6 Å². The van der Waals surface area contributed by atoms with Gasteiger partial charge in [-0.25, -0.2) is 0 Å². The summed E-state index contributed by atoms with van der Waals surface area (Å²) >= 11 is 1.75. The molecule has 1 aromatic rings. The maximum Gasteiger partial charge on any atom is 0.222 e. The molecule has 0 bridgehead atoms. The van der Waals surface area contributed by atoms with E-state index < -0.39 is 5.54 Å². The summed E-state index contributed by atoms with van der Waals surface area (Å²) in [5.41, 5.74) is -0.436. The van der Waals surface area contributed by atoms with Crippen LogP contribution in [0.4, 0.5) is 0 Å². The van der Waals surface area contributed by atoms with Crippen LogP contribution in [0.15, 0.2) is 17.5 Å². The van der Waals surface area contributed by atoms with E-state index in [1.54, 1.807) is 11.3 Å². The highest BCUT2D eigenvalue weighted by Gasteiger charge is 2.30. The topological polar surface area (TPSA) is 47.3 Å². The maximum atomic E-state index is 12.2. The Balaban J connectivity index is 1.72. The minimum absolute atomic E-state index is 0.251. The quantitative estimate of drug-likeness (QED) is 0.840. The molecule has 0 aromatic carbocycles. The average Bonchev–Trinajstić information content (AvgIpc) is 3.00. The number of nitrogens with zero attached hydrogens (tertiary/aromatic N) is 3. The van der Waals surface area contributed by atoms with Gasteiger partial charge in [-0.05, 0) is 38.1 Å². The lowest BCUT2D eigenvalue weighted by atomic mass is 10.0. The minimum atomic E-state index is -0.436. The molecule has 1 saturated heterocycles. The fraction of sp³-hybridized carbons (Fsp3) is 0.625. The molecule has 0 radical (unpaired) electrons. The molecule has 21 heavy (non-hydrogen) atoms. The number of rotatable bonds is 5. The molecule has 5 heteroatoms. The molecule has 4 nitrogen and oxygen atoms in total. The Labute approximate surface area is 131 Å². The number of carbonyl (C=O) groups excluding carboxylic acids is 1. The Morgan fingerprint density at radius 2 is 2.10 bits per heavy atom. The Bertz CT molecular complexity index is 496. The molecule has 0 saturated carbocycles. The highest BCUT2D eigenvalue weighted by atomic mass is 32.1. The fourth-order valence-electron chi connectivity index (χ4n) is 2.61. The van der Waals surface area contributed by atoms with Crippen molar-refractivity contribution in [3.05, 3.63) is 22.4 Å². The van der Waals surface area contributed by atoms with Gasteiger partial charge in [-0.3, -0.25) is 9.69 Å². The predicted octanol–water partition coefficient (Wildman–Crippen LogP) is 2.52. The SMILES string of the molecule is CC(C)(C#N)N1CCN(C(=O)CCCc2cccs2)CC1. The first-order valence-corrected chi connectivity index (χ1v) is 8.37. The zero-order chi connectivity index (χ0) is 15.3. The van der Waals surface area contributed by atoms with E-state index in [9.17, 15) is 4.79 Å². The molecule has 2 rings (SSSR count). The number of carbonyl (C=O) groups is 1. The van der Waals surface area contributed by atoms with Crippen LogP contribution in [-0.2, 0) is 11.2 Å². The van der Waals surface area contributed by atoms with Crippen LogP contribution in [0.25, 0.3) is 0 Å². The summed E-state index contributed by atoms with van der Waals surface area (Å²) in [6.45, 7) is 6.93. The van der Waals surface area contributed by atoms with Crippen LogP contribution in [-0.4, -0.2) is 47.4 Å². The minimum Gasteiger partial charge on any atom is -0.340 e. The van der Waals surface area contributed by atoms with Crippen LogP contribution >= 0.6 is 11.3 Å². The molecule has 0 spiro atoms. The summed E-state index contributed by atoms with van der Waals surface area (Å²) < 4.78 is 0. The molecule has 114 valence electrons. The number of thiophene rings is 1. The van der Waals surface area contributed by atoms with Crippen molar-refractivity contribution >= 4 is 17.2 Å². The van der Waals surface area contributed by atoms with Crippen LogP contribution in [0.3, 0.4) is 0 Å². The fourth-order valence-corrected chi connectivity index (χ4v) is 3.36. The van der Waals surface area contributed by atoms with Gasteiger partial charge in [-0.15, -0.1) is 11.3 Å². The molecule has 0 aliphatic carbocycles. The molecule has 1 aliphatic heterocycles. The van der Waals surface area contributed by atoms with Crippen LogP contribution in [0.5, 0.6) is 0 Å². The largest absolute Gasteiger partial charge is 0.340 e. The third-order valence-electron chi connectivity index (χ3n) is 4.09. The van der Waals surface area contributed by atoms with Crippen molar-refractivity contribution in [3.8, 4) is 6.07 Å². The monoisotopic (exact) mass is 305 g/mol. The Morgan fingerprint density at radius 3 is 2.67 bits per heavy atom. The lowest BCUT2D eigenvalue weighted by Crippen LogP contribution is -2.55. The smallest absolute Gasteiger partial charge is 0.222 e. The number of nitriles is 1. The summed E-state index contributed by atoms with van der Waals surface area (Å²) in [6, 6.07) is 6.51. The standard InChI is InChI=1S/C16H23N3OS/c1-16(2,13-17)19-10-8-18(9-11-19)15(20)7-3-5-14-6-4-12-21-14/h4,6,12H,3,5,7-11H2,1-2H3. The third kappa shape index (κ3) is 4.29. The molecule has 0 unspecified atom stereocenters. The zero-order valence-electron chi connectivity index (χ0n) is 12.8. The van der Waals surface area contributed by atoms with E-state index in [0.717, 1.165) is 39.0 Å². The Kier molecular flexibility index (Phi) is 5.38. The van der Waals surface area contributed by atoms with Gasteiger partial charge in [0.05, 0.1) is 6.07 Å². The number of aryl methyl sites for hydroxylation is 1. The molecular weight excluding hydrogens is 282 g/mol. The molecule has 0 atom stereocenters. The van der Waals surface area contributed by atoms with Gasteiger partial charge < -0.3 is 4.90 Å². The van der Waals surface area contributed by atoms with E-state index >= 15 is 0 Å². The van der Waals surface area contributed by atoms with E-state index in [-0.39, 0.29) is 5.91 Å². The number of hydrogen-bond acceptors (Lipinski definition) is 4. The molecule has 2 heterocycles. The van der Waals surface area contributed by atoms with Crippen LogP contribution in [0, 0.1) is 11.3 Å². The summed E-state index contributed by atoms with van der Waals surface area (Å²) in [7, 11) is 0. The van der Waals surface area contributed by atoms with Crippen molar-refractivity contribution in [2.75, 3.05) is 26.2 Å². The summed E-state index contributed by atoms with van der Waals surface area (Å²) in [5, 5.41) is 11.2. The number of hydrogen-bond donors (Lipinski definition) is 0. The van der Waals surface area contributed by atoms with E-state index in [1.165, 1.54) is 4.88 Å². The second-order valence-corrected chi connectivity index (χ2v) is 7.00. The van der Waals surface area contributed by atoms with E-state index in [0.29, 0.717) is 6.42 Å². The normalized spacial score (nSPS) is 16.7. The summed E-state index contributed by atoms with van der Waals surface area (Å²) in [4.78, 5) is 17.6. The number of amides is 1. The van der Waals surface area contributed by atoms with Crippen molar-refractivity contribution in [2.24, 2.45) is 0 Å². The van der Waals surface area contributed by atoms with Crippen molar-refractivity contribution in [1.29, 1.82) is 5.26 Å². The molecule has 1 aromatic heterocycles. The van der Waals surface area contributed by atoms with Gasteiger partial charge in [0.1, 0.15) is 5.54 Å². The average molecular weight is 305 g/mol. The van der Waals surface area contributed by atoms with Crippen molar-refractivity contribution in [1.82, 2.24) is 9.80 Å². The zero-order valence-corrected chi connectivity index (χ0v) is 13.7. The highest BCUT2D eigenvalue weighted by molar-refractivity contribution is 7.09. The summed E-state index contributed by atoms with van der Waals surface area (Å²) in [6.07, 6.45) is 2.54. The van der Waals surface area contributed by atoms with Crippen molar-refractivity contribution in [2.45, 2.75) is 38.6 Å². The van der Waals surface area contributed by atoms with Crippen LogP contribution in [0.2, 0.25) is 0 Å². The van der Waals surface area contributed by atoms with Crippen LogP contribution < -0.4 is 0 Å². The molecular formula is C16H23N3OS. The maximum absolute atomic E-state index is 12.2. The lowest BCUT2D eigenvalue weighted by molar-refractivity contribution is -0.133. The van der Waals surface area contributed by atoms with Crippen molar-refractivity contribution in [3.63, 3.8) is 0 Å². The molecule has 1 aliphatic rings. The summed E-state index contributed by atoms with van der Waals surface area (Å²) in [5.74, 6) is 0.251. The second-order valence-electron chi connectivity index (χ2n) is 5.97. The lowest BCUT2D eigenvalue weighted by Gasteiger charge is -2.40. The first-order valence-electron chi connectivity index (χ1n) is 7.49. The van der Waals surface area contributed by atoms with Gasteiger partial charge in [0.15, 0.2) is 0 Å².